The molecule has 1 heterocycles. The van der Waals surface area contributed by atoms with Gasteiger partial charge in [-0.1, -0.05) is 19.3 Å². The van der Waals surface area contributed by atoms with Crippen LogP contribution < -0.4 is 5.32 Å². The Morgan fingerprint density at radius 1 is 1.44 bits per heavy atom. The van der Waals surface area contributed by atoms with Crippen LogP contribution in [0.3, 0.4) is 0 Å². The van der Waals surface area contributed by atoms with Crippen LogP contribution in [0.15, 0.2) is 16.7 Å². The number of nitrogens with one attached hydrogen (secondary N) is 1. The summed E-state index contributed by atoms with van der Waals surface area (Å²) in [6, 6.07) is 2.23. The van der Waals surface area contributed by atoms with Crippen LogP contribution in [0, 0.1) is 0 Å². The number of carbonyl (C=O) groups is 1. The highest BCUT2D eigenvalue weighted by molar-refractivity contribution is 9.10. The molecule has 16 heavy (non-hydrogen) atoms. The maximum absolute atomic E-state index is 12.0. The molecule has 1 N–H and O–H groups in total. The molecule has 0 atom stereocenters. The van der Waals surface area contributed by atoms with Crippen LogP contribution in [0.25, 0.3) is 0 Å². The van der Waals surface area contributed by atoms with Crippen LogP contribution in [-0.4, -0.2) is 16.5 Å². The third-order valence-corrected chi connectivity index (χ3v) is 3.58. The normalized spacial score (nSPS) is 17.4. The van der Waals surface area contributed by atoms with Crippen LogP contribution in [0.4, 0.5) is 0 Å². The summed E-state index contributed by atoms with van der Waals surface area (Å²) >= 11 is 3.38. The third-order valence-electron chi connectivity index (χ3n) is 3.14. The van der Waals surface area contributed by atoms with Crippen LogP contribution in [0.1, 0.15) is 42.6 Å². The van der Waals surface area contributed by atoms with E-state index in [1.165, 1.54) is 19.3 Å². The van der Waals surface area contributed by atoms with Crippen LogP contribution >= 0.6 is 15.9 Å². The Kier molecular flexibility index (Phi) is 3.69. The van der Waals surface area contributed by atoms with E-state index < -0.39 is 0 Å². The van der Waals surface area contributed by atoms with Crippen molar-refractivity contribution in [3.63, 3.8) is 0 Å². The molecule has 1 aromatic heterocycles. The van der Waals surface area contributed by atoms with E-state index >= 15 is 0 Å². The molecule has 88 valence electrons. The van der Waals surface area contributed by atoms with E-state index in [0.29, 0.717) is 6.04 Å². The first-order chi connectivity index (χ1) is 7.66. The van der Waals surface area contributed by atoms with Gasteiger partial charge in [-0.15, -0.1) is 0 Å². The minimum atomic E-state index is 0.0418. The van der Waals surface area contributed by atoms with Crippen molar-refractivity contribution in [2.24, 2.45) is 7.05 Å². The first-order valence-corrected chi connectivity index (χ1v) is 6.59. The Balaban J connectivity index is 1.99. The average molecular weight is 285 g/mol. The smallest absolute Gasteiger partial charge is 0.268 e. The molecule has 0 spiro atoms. The number of amides is 1. The maximum Gasteiger partial charge on any atom is 0.268 e. The molecule has 0 saturated heterocycles. The van der Waals surface area contributed by atoms with Gasteiger partial charge in [0.1, 0.15) is 5.69 Å². The predicted octanol–water partition coefficient (Wildman–Crippen LogP) is 2.85. The van der Waals surface area contributed by atoms with Crippen molar-refractivity contribution in [3.8, 4) is 0 Å². The summed E-state index contributed by atoms with van der Waals surface area (Å²) in [5, 5.41) is 3.11. The minimum Gasteiger partial charge on any atom is -0.348 e. The topological polar surface area (TPSA) is 34.0 Å². The van der Waals surface area contributed by atoms with Crippen molar-refractivity contribution in [3.05, 3.63) is 22.4 Å². The molecule has 3 nitrogen and oxygen atoms in total. The van der Waals surface area contributed by atoms with E-state index in [1.54, 1.807) is 0 Å². The van der Waals surface area contributed by atoms with Gasteiger partial charge in [0.2, 0.25) is 0 Å². The van der Waals surface area contributed by atoms with Gasteiger partial charge in [0.05, 0.1) is 0 Å². The Morgan fingerprint density at radius 2 is 2.12 bits per heavy atom. The van der Waals surface area contributed by atoms with E-state index in [-0.39, 0.29) is 5.91 Å². The Hall–Kier alpha value is -0.770. The molecule has 4 heteroatoms. The molecule has 1 aromatic rings. The van der Waals surface area contributed by atoms with Gasteiger partial charge in [-0.05, 0) is 34.8 Å². The van der Waals surface area contributed by atoms with Crippen molar-refractivity contribution in [1.29, 1.82) is 0 Å². The number of hydrogen-bond donors (Lipinski definition) is 1. The summed E-state index contributed by atoms with van der Waals surface area (Å²) < 4.78 is 2.80. The summed E-state index contributed by atoms with van der Waals surface area (Å²) in [7, 11) is 1.89. The number of rotatable bonds is 2. The fourth-order valence-corrected chi connectivity index (χ4v) is 2.78. The largest absolute Gasteiger partial charge is 0.348 e. The second-order valence-corrected chi connectivity index (χ2v) is 5.38. The Bertz CT molecular complexity index is 380. The lowest BCUT2D eigenvalue weighted by molar-refractivity contribution is 0.0919. The molecule has 0 bridgehead atoms. The standard InChI is InChI=1S/C12H17BrN2O/c1-15-8-9(13)7-11(15)12(16)14-10-5-3-2-4-6-10/h7-8,10H,2-6H2,1H3,(H,14,16). The molecule has 0 aliphatic heterocycles. The molecule has 1 amide bonds. The van der Waals surface area contributed by atoms with Gasteiger partial charge in [0.15, 0.2) is 0 Å². The summed E-state index contributed by atoms with van der Waals surface area (Å²) in [5.74, 6) is 0.0418. The maximum atomic E-state index is 12.0. The zero-order valence-corrected chi connectivity index (χ0v) is 11.1. The van der Waals surface area contributed by atoms with E-state index in [1.807, 2.05) is 23.9 Å². The summed E-state index contributed by atoms with van der Waals surface area (Å²) in [6.45, 7) is 0. The molecule has 1 aliphatic carbocycles. The zero-order chi connectivity index (χ0) is 11.5. The Morgan fingerprint density at radius 3 is 2.69 bits per heavy atom. The van der Waals surface area contributed by atoms with Crippen LogP contribution in [-0.2, 0) is 7.05 Å². The van der Waals surface area contributed by atoms with Gasteiger partial charge < -0.3 is 9.88 Å². The number of hydrogen-bond acceptors (Lipinski definition) is 1. The SMILES string of the molecule is Cn1cc(Br)cc1C(=O)NC1CCCCC1. The summed E-state index contributed by atoms with van der Waals surface area (Å²) in [4.78, 5) is 12.0. The van der Waals surface area contributed by atoms with Gasteiger partial charge in [0, 0.05) is 23.8 Å². The lowest BCUT2D eigenvalue weighted by atomic mass is 9.95. The Labute approximate surface area is 104 Å². The minimum absolute atomic E-state index is 0.0418. The van der Waals surface area contributed by atoms with E-state index in [9.17, 15) is 4.79 Å². The third kappa shape index (κ3) is 2.67. The lowest BCUT2D eigenvalue weighted by Gasteiger charge is -2.22. The number of halogens is 1. The predicted molar refractivity (Wildman–Crippen MR) is 67.5 cm³/mol. The van der Waals surface area contributed by atoms with Gasteiger partial charge in [-0.2, -0.15) is 0 Å². The van der Waals surface area contributed by atoms with Gasteiger partial charge >= 0.3 is 0 Å². The number of aryl methyl sites for hydroxylation is 1. The van der Waals surface area contributed by atoms with E-state index in [0.717, 1.165) is 23.0 Å². The number of nitrogens with zero attached hydrogens (tertiary/aromatic N) is 1. The zero-order valence-electron chi connectivity index (χ0n) is 9.50. The van der Waals surface area contributed by atoms with Crippen LogP contribution in [0.2, 0.25) is 0 Å². The number of aromatic nitrogens is 1. The van der Waals surface area contributed by atoms with Crippen LogP contribution in [0.5, 0.6) is 0 Å². The van der Waals surface area contributed by atoms with E-state index in [2.05, 4.69) is 21.2 Å². The first kappa shape index (κ1) is 11.7. The second-order valence-electron chi connectivity index (χ2n) is 4.46. The fraction of sp³-hybridized carbons (Fsp3) is 0.583. The lowest BCUT2D eigenvalue weighted by Crippen LogP contribution is -2.36. The molecule has 0 aromatic carbocycles. The molecule has 0 radical (unpaired) electrons. The second kappa shape index (κ2) is 5.04. The van der Waals surface area contributed by atoms with Crippen molar-refractivity contribution in [1.82, 2.24) is 9.88 Å². The fourth-order valence-electron chi connectivity index (χ4n) is 2.26. The molecule has 1 aliphatic rings. The van der Waals surface area contributed by atoms with E-state index in [4.69, 9.17) is 0 Å². The highest BCUT2D eigenvalue weighted by atomic mass is 79.9. The van der Waals surface area contributed by atoms with Crippen molar-refractivity contribution >= 4 is 21.8 Å². The average Bonchev–Trinajstić information content (AvgIpc) is 2.59. The highest BCUT2D eigenvalue weighted by Crippen LogP contribution is 2.19. The molecule has 1 saturated carbocycles. The molecule has 0 unspecified atom stereocenters. The van der Waals surface area contributed by atoms with Gasteiger partial charge in [-0.25, -0.2) is 0 Å². The molecule has 2 rings (SSSR count). The summed E-state index contributed by atoms with van der Waals surface area (Å²) in [6.07, 6.45) is 7.93. The first-order valence-electron chi connectivity index (χ1n) is 5.79. The van der Waals surface area contributed by atoms with Crippen molar-refractivity contribution in [2.75, 3.05) is 0 Å². The number of carbonyl (C=O) groups excluding carboxylic acids is 1. The molecular weight excluding hydrogens is 268 g/mol. The molecular formula is C12H17BrN2O. The van der Waals surface area contributed by atoms with Crippen molar-refractivity contribution < 1.29 is 4.79 Å². The quantitative estimate of drug-likeness (QED) is 0.890. The van der Waals surface area contributed by atoms with Gasteiger partial charge in [0.25, 0.3) is 5.91 Å². The summed E-state index contributed by atoms with van der Waals surface area (Å²) in [5.41, 5.74) is 0.720. The monoisotopic (exact) mass is 284 g/mol. The highest BCUT2D eigenvalue weighted by Gasteiger charge is 2.18. The molecule has 1 fully saturated rings. The van der Waals surface area contributed by atoms with Crippen molar-refractivity contribution in [2.45, 2.75) is 38.1 Å². The van der Waals surface area contributed by atoms with Gasteiger partial charge in [-0.3, -0.25) is 4.79 Å².